The van der Waals surface area contributed by atoms with Gasteiger partial charge in [0.25, 0.3) is 5.91 Å². The van der Waals surface area contributed by atoms with Crippen molar-refractivity contribution < 1.29 is 14.8 Å². The summed E-state index contributed by atoms with van der Waals surface area (Å²) >= 11 is 1.69. The van der Waals surface area contributed by atoms with E-state index in [0.717, 1.165) is 22.5 Å². The number of thiophene rings is 1. The number of carbonyl (C=O) groups is 2. The smallest absolute Gasteiger partial charge is 0.274 e. The summed E-state index contributed by atoms with van der Waals surface area (Å²) in [5, 5.41) is 15.2. The second-order valence-corrected chi connectivity index (χ2v) is 8.66. The van der Waals surface area contributed by atoms with E-state index in [2.05, 4.69) is 27.7 Å². The first-order valence-corrected chi connectivity index (χ1v) is 11.2. The molecule has 3 aromatic carbocycles. The number of amides is 2. The highest BCUT2D eigenvalue weighted by molar-refractivity contribution is 7.17. The molecule has 160 valence electrons. The van der Waals surface area contributed by atoms with Crippen molar-refractivity contribution in [2.45, 2.75) is 19.0 Å². The van der Waals surface area contributed by atoms with Crippen LogP contribution >= 0.6 is 11.3 Å². The highest BCUT2D eigenvalue weighted by Gasteiger charge is 2.33. The molecule has 0 aliphatic carbocycles. The van der Waals surface area contributed by atoms with Crippen LogP contribution in [0.1, 0.15) is 21.5 Å². The summed E-state index contributed by atoms with van der Waals surface area (Å²) in [5.74, 6) is -0.586. The molecule has 1 atom stereocenters. The van der Waals surface area contributed by atoms with Crippen molar-refractivity contribution in [2.24, 2.45) is 0 Å². The summed E-state index contributed by atoms with van der Waals surface area (Å²) < 4.78 is 1.21. The maximum absolute atomic E-state index is 13.2. The number of nitrogens with zero attached hydrogens (tertiary/aromatic N) is 1. The number of hydrogen-bond acceptors (Lipinski definition) is 5. The van der Waals surface area contributed by atoms with E-state index in [0.29, 0.717) is 18.5 Å². The largest absolute Gasteiger partial charge is 0.353 e. The molecule has 0 radical (unpaired) electrons. The van der Waals surface area contributed by atoms with Crippen LogP contribution in [-0.4, -0.2) is 23.1 Å². The van der Waals surface area contributed by atoms with Gasteiger partial charge in [-0.1, -0.05) is 42.5 Å². The molecule has 1 aromatic heterocycles. The van der Waals surface area contributed by atoms with Crippen LogP contribution in [-0.2, 0) is 17.8 Å². The molecular weight excluding hydrogens is 422 g/mol. The highest BCUT2D eigenvalue weighted by Crippen LogP contribution is 2.36. The molecule has 0 unspecified atom stereocenters. The number of para-hydroxylation sites is 2. The average molecular weight is 444 g/mol. The zero-order chi connectivity index (χ0) is 22.1. The minimum atomic E-state index is -0.554. The Morgan fingerprint density at radius 3 is 2.59 bits per heavy atom. The number of anilines is 2. The van der Waals surface area contributed by atoms with Crippen molar-refractivity contribution in [3.05, 3.63) is 94.9 Å². The predicted octanol–water partition coefficient (Wildman–Crippen LogP) is 4.59. The fourth-order valence-electron chi connectivity index (χ4n) is 4.18. The Kier molecular flexibility index (Phi) is 5.34. The van der Waals surface area contributed by atoms with Crippen LogP contribution in [0.2, 0.25) is 0 Å². The molecule has 1 aliphatic heterocycles. The Morgan fingerprint density at radius 1 is 1.03 bits per heavy atom. The van der Waals surface area contributed by atoms with Crippen LogP contribution in [0.3, 0.4) is 0 Å². The summed E-state index contributed by atoms with van der Waals surface area (Å²) in [7, 11) is 0. The lowest BCUT2D eigenvalue weighted by Crippen LogP contribution is -2.49. The topological polar surface area (TPSA) is 81.7 Å². The fraction of sp³-hybridized carbons (Fsp3) is 0.120. The molecule has 0 saturated carbocycles. The van der Waals surface area contributed by atoms with Gasteiger partial charge in [-0.05, 0) is 52.2 Å². The molecular formula is C25H21N3O3S. The van der Waals surface area contributed by atoms with E-state index in [4.69, 9.17) is 5.21 Å². The molecule has 7 heteroatoms. The summed E-state index contributed by atoms with van der Waals surface area (Å²) in [6, 6.07) is 22.7. The molecule has 3 N–H and O–H groups in total. The van der Waals surface area contributed by atoms with Crippen molar-refractivity contribution in [1.82, 2.24) is 5.48 Å². The minimum Gasteiger partial charge on any atom is -0.353 e. The van der Waals surface area contributed by atoms with Gasteiger partial charge >= 0.3 is 0 Å². The molecule has 4 aromatic rings. The van der Waals surface area contributed by atoms with Crippen LogP contribution in [0.5, 0.6) is 0 Å². The SMILES string of the molecule is O=C(NO)c1ccc(CN2c3ccccc3NC(=O)[C@@H]2Cc2csc3ccccc23)cc1. The van der Waals surface area contributed by atoms with Gasteiger partial charge in [-0.15, -0.1) is 11.3 Å². The minimum absolute atomic E-state index is 0.0322. The monoisotopic (exact) mass is 443 g/mol. The van der Waals surface area contributed by atoms with Gasteiger partial charge in [0.15, 0.2) is 0 Å². The molecule has 0 spiro atoms. The van der Waals surface area contributed by atoms with Gasteiger partial charge in [0.2, 0.25) is 5.91 Å². The van der Waals surface area contributed by atoms with Gasteiger partial charge in [0.05, 0.1) is 11.4 Å². The van der Waals surface area contributed by atoms with Crippen molar-refractivity contribution in [3.63, 3.8) is 0 Å². The first-order chi connectivity index (χ1) is 15.6. The second-order valence-electron chi connectivity index (χ2n) is 7.75. The van der Waals surface area contributed by atoms with Gasteiger partial charge < -0.3 is 10.2 Å². The third-order valence-electron chi connectivity index (χ3n) is 5.80. The second kappa shape index (κ2) is 8.45. The van der Waals surface area contributed by atoms with Gasteiger partial charge in [-0.3, -0.25) is 14.8 Å². The molecule has 1 aliphatic rings. The quantitative estimate of drug-likeness (QED) is 0.311. The van der Waals surface area contributed by atoms with Gasteiger partial charge in [0, 0.05) is 23.2 Å². The first kappa shape index (κ1) is 20.2. The van der Waals surface area contributed by atoms with E-state index in [1.165, 1.54) is 10.1 Å². The van der Waals surface area contributed by atoms with Crippen LogP contribution in [0, 0.1) is 0 Å². The van der Waals surface area contributed by atoms with Crippen molar-refractivity contribution in [1.29, 1.82) is 0 Å². The zero-order valence-corrected chi connectivity index (χ0v) is 17.9. The maximum atomic E-state index is 13.2. The Bertz CT molecular complexity index is 1300. The molecule has 2 amide bonds. The zero-order valence-electron chi connectivity index (χ0n) is 17.1. The van der Waals surface area contributed by atoms with Crippen LogP contribution in [0.25, 0.3) is 10.1 Å². The lowest BCUT2D eigenvalue weighted by molar-refractivity contribution is -0.117. The van der Waals surface area contributed by atoms with E-state index in [1.807, 2.05) is 48.5 Å². The number of hydroxylamine groups is 1. The van der Waals surface area contributed by atoms with E-state index in [9.17, 15) is 9.59 Å². The normalized spacial score (nSPS) is 15.3. The Balaban J connectivity index is 1.50. The van der Waals surface area contributed by atoms with Gasteiger partial charge in [-0.2, -0.15) is 0 Å². The lowest BCUT2D eigenvalue weighted by atomic mass is 9.98. The van der Waals surface area contributed by atoms with Crippen molar-refractivity contribution >= 4 is 44.6 Å². The van der Waals surface area contributed by atoms with E-state index in [1.54, 1.807) is 28.9 Å². The lowest BCUT2D eigenvalue weighted by Gasteiger charge is -2.38. The number of fused-ring (bicyclic) bond motifs is 2. The van der Waals surface area contributed by atoms with E-state index in [-0.39, 0.29) is 11.9 Å². The molecule has 5 rings (SSSR count). The molecule has 0 bridgehead atoms. The number of nitrogens with one attached hydrogen (secondary N) is 2. The molecule has 6 nitrogen and oxygen atoms in total. The number of benzene rings is 3. The number of carbonyl (C=O) groups excluding carboxylic acids is 2. The Labute approximate surface area is 189 Å². The predicted molar refractivity (Wildman–Crippen MR) is 126 cm³/mol. The molecule has 32 heavy (non-hydrogen) atoms. The number of hydrogen-bond donors (Lipinski definition) is 3. The highest BCUT2D eigenvalue weighted by atomic mass is 32.1. The van der Waals surface area contributed by atoms with Crippen LogP contribution in [0.15, 0.2) is 78.2 Å². The third-order valence-corrected chi connectivity index (χ3v) is 6.81. The van der Waals surface area contributed by atoms with Gasteiger partial charge in [0.1, 0.15) is 6.04 Å². The van der Waals surface area contributed by atoms with E-state index >= 15 is 0 Å². The summed E-state index contributed by atoms with van der Waals surface area (Å²) in [5.41, 5.74) is 5.89. The molecule has 2 heterocycles. The average Bonchev–Trinajstić information content (AvgIpc) is 3.24. The van der Waals surface area contributed by atoms with Crippen molar-refractivity contribution in [2.75, 3.05) is 10.2 Å². The third kappa shape index (κ3) is 3.72. The van der Waals surface area contributed by atoms with Gasteiger partial charge in [-0.25, -0.2) is 5.48 Å². The Hall–Kier alpha value is -3.68. The van der Waals surface area contributed by atoms with E-state index < -0.39 is 5.91 Å². The summed E-state index contributed by atoms with van der Waals surface area (Å²) in [6.07, 6.45) is 0.592. The van der Waals surface area contributed by atoms with Crippen LogP contribution < -0.4 is 15.7 Å². The maximum Gasteiger partial charge on any atom is 0.274 e. The summed E-state index contributed by atoms with van der Waals surface area (Å²) in [4.78, 5) is 26.9. The fourth-order valence-corrected chi connectivity index (χ4v) is 5.15. The molecule has 0 fully saturated rings. The standard InChI is InChI=1S/C25H21N3O3S/c29-24(27-31)17-11-9-16(10-12-17)14-28-21-7-3-2-6-20(21)26-25(30)22(28)13-18-15-32-23-8-4-1-5-19(18)23/h1-12,15,22,31H,13-14H2,(H,26,30)(H,27,29)/t22-/m0/s1. The summed E-state index contributed by atoms with van der Waals surface area (Å²) in [6.45, 7) is 0.512. The molecule has 0 saturated heterocycles. The number of rotatable bonds is 5. The Morgan fingerprint density at radius 2 is 1.78 bits per heavy atom. The van der Waals surface area contributed by atoms with Crippen molar-refractivity contribution in [3.8, 4) is 0 Å². The first-order valence-electron chi connectivity index (χ1n) is 10.3. The van der Waals surface area contributed by atoms with Crippen LogP contribution in [0.4, 0.5) is 11.4 Å².